The minimum absolute atomic E-state index is 0.0644. The van der Waals surface area contributed by atoms with E-state index in [0.717, 1.165) is 43.2 Å². The molecule has 1 saturated carbocycles. The van der Waals surface area contributed by atoms with Crippen molar-refractivity contribution in [1.29, 1.82) is 0 Å². The molecule has 1 fully saturated rings. The highest BCUT2D eigenvalue weighted by Gasteiger charge is 2.25. The summed E-state index contributed by atoms with van der Waals surface area (Å²) in [4.78, 5) is 0. The highest BCUT2D eigenvalue weighted by Crippen LogP contribution is 2.39. The van der Waals surface area contributed by atoms with Crippen molar-refractivity contribution in [3.05, 3.63) is 101 Å². The predicted octanol–water partition coefficient (Wildman–Crippen LogP) is 8.41. The van der Waals surface area contributed by atoms with Gasteiger partial charge in [0.15, 0.2) is 23.2 Å². The molecule has 4 heteroatoms. The molecule has 0 saturated heterocycles. The number of benzene rings is 3. The Hall–Kier alpha value is -3.01. The zero-order valence-electron chi connectivity index (χ0n) is 19.6. The van der Waals surface area contributed by atoms with Crippen LogP contribution in [0.15, 0.2) is 67.3 Å². The average Bonchev–Trinajstić information content (AvgIpc) is 2.86. The Morgan fingerprint density at radius 1 is 0.853 bits per heavy atom. The van der Waals surface area contributed by atoms with Crippen molar-refractivity contribution in [2.45, 2.75) is 51.4 Å². The molecule has 1 aliphatic rings. The van der Waals surface area contributed by atoms with Gasteiger partial charge in [-0.2, -0.15) is 0 Å². The van der Waals surface area contributed by atoms with Crippen LogP contribution < -0.4 is 4.74 Å². The zero-order chi connectivity index (χ0) is 24.1. The van der Waals surface area contributed by atoms with Gasteiger partial charge in [-0.25, -0.2) is 13.2 Å². The van der Waals surface area contributed by atoms with E-state index in [9.17, 15) is 8.78 Å². The maximum absolute atomic E-state index is 15.0. The minimum atomic E-state index is -0.777. The van der Waals surface area contributed by atoms with Crippen molar-refractivity contribution >= 4 is 0 Å². The Morgan fingerprint density at radius 3 is 2.18 bits per heavy atom. The fourth-order valence-corrected chi connectivity index (χ4v) is 4.88. The molecule has 0 heterocycles. The van der Waals surface area contributed by atoms with Crippen LogP contribution in [0.2, 0.25) is 0 Å². The second kappa shape index (κ2) is 10.9. The van der Waals surface area contributed by atoms with E-state index >= 15 is 4.39 Å². The molecule has 0 aliphatic heterocycles. The van der Waals surface area contributed by atoms with Crippen LogP contribution >= 0.6 is 0 Å². The van der Waals surface area contributed by atoms with Crippen LogP contribution in [0.25, 0.3) is 11.1 Å². The van der Waals surface area contributed by atoms with E-state index in [0.29, 0.717) is 30.1 Å². The van der Waals surface area contributed by atoms with E-state index in [2.05, 4.69) is 6.58 Å². The standard InChI is InChI=1S/C30H31F3O/c1-3-20-7-12-23(13-8-20)25-16-17-26(30(33)29(25)32)24-14-9-21(10-15-24)5-6-22-11-18-28(34-4-2)27(31)19-22/h3,9-11,14-20,23H,1,4-8,12-13H2,2H3. The SMILES string of the molecule is C=CC1CCC(c2ccc(-c3ccc(CCc4ccc(OCC)c(F)c4)cc3)c(F)c2F)CC1. The smallest absolute Gasteiger partial charge is 0.166 e. The van der Waals surface area contributed by atoms with Crippen LogP contribution in [0.4, 0.5) is 13.2 Å². The minimum Gasteiger partial charge on any atom is -0.491 e. The normalized spacial score (nSPS) is 18.0. The summed E-state index contributed by atoms with van der Waals surface area (Å²) in [5, 5.41) is 0. The van der Waals surface area contributed by atoms with Gasteiger partial charge in [0.2, 0.25) is 0 Å². The maximum atomic E-state index is 15.0. The lowest BCUT2D eigenvalue weighted by Gasteiger charge is -2.27. The van der Waals surface area contributed by atoms with Gasteiger partial charge in [0.25, 0.3) is 0 Å². The van der Waals surface area contributed by atoms with Gasteiger partial charge in [-0.15, -0.1) is 6.58 Å². The van der Waals surface area contributed by atoms with Crippen LogP contribution in [0, 0.1) is 23.4 Å². The number of allylic oxidation sites excluding steroid dienone is 1. The first-order chi connectivity index (χ1) is 16.5. The highest BCUT2D eigenvalue weighted by atomic mass is 19.2. The summed E-state index contributed by atoms with van der Waals surface area (Å²) in [5.41, 5.74) is 3.35. The summed E-state index contributed by atoms with van der Waals surface area (Å²) in [5.74, 6) is -1.04. The summed E-state index contributed by atoms with van der Waals surface area (Å²) >= 11 is 0. The summed E-state index contributed by atoms with van der Waals surface area (Å²) in [6.45, 7) is 6.09. The van der Waals surface area contributed by atoms with Crippen molar-refractivity contribution in [2.75, 3.05) is 6.61 Å². The van der Waals surface area contributed by atoms with Crippen molar-refractivity contribution in [3.8, 4) is 16.9 Å². The van der Waals surface area contributed by atoms with Gasteiger partial charge in [-0.1, -0.05) is 48.5 Å². The van der Waals surface area contributed by atoms with E-state index in [4.69, 9.17) is 4.74 Å². The summed E-state index contributed by atoms with van der Waals surface area (Å²) < 4.78 is 49.3. The van der Waals surface area contributed by atoms with Crippen LogP contribution in [0.3, 0.4) is 0 Å². The first kappa shape index (κ1) is 24.1. The molecule has 178 valence electrons. The van der Waals surface area contributed by atoms with Gasteiger partial charge in [-0.3, -0.25) is 0 Å². The molecule has 0 amide bonds. The molecule has 0 atom stereocenters. The molecular formula is C30H31F3O. The monoisotopic (exact) mass is 464 g/mol. The molecule has 1 aliphatic carbocycles. The topological polar surface area (TPSA) is 9.23 Å². The van der Waals surface area contributed by atoms with E-state index in [1.807, 2.05) is 43.3 Å². The molecule has 0 aromatic heterocycles. The lowest BCUT2D eigenvalue weighted by atomic mass is 9.78. The van der Waals surface area contributed by atoms with Gasteiger partial charge in [-0.05, 0) is 91.7 Å². The number of hydrogen-bond donors (Lipinski definition) is 0. The van der Waals surface area contributed by atoms with Crippen molar-refractivity contribution in [1.82, 2.24) is 0 Å². The van der Waals surface area contributed by atoms with E-state index in [1.165, 1.54) is 6.07 Å². The Labute approximate surface area is 200 Å². The first-order valence-electron chi connectivity index (χ1n) is 12.1. The van der Waals surface area contributed by atoms with Gasteiger partial charge < -0.3 is 4.74 Å². The Balaban J connectivity index is 1.43. The second-order valence-corrected chi connectivity index (χ2v) is 9.07. The Kier molecular flexibility index (Phi) is 7.77. The van der Waals surface area contributed by atoms with Gasteiger partial charge in [0.05, 0.1) is 6.61 Å². The summed E-state index contributed by atoms with van der Waals surface area (Å²) in [6.07, 6.45) is 7.03. The zero-order valence-corrected chi connectivity index (χ0v) is 19.6. The molecule has 4 rings (SSSR count). The number of hydrogen-bond acceptors (Lipinski definition) is 1. The summed E-state index contributed by atoms with van der Waals surface area (Å²) in [6, 6.07) is 16.0. The number of halogens is 3. The third kappa shape index (κ3) is 5.38. The first-order valence-corrected chi connectivity index (χ1v) is 12.1. The third-order valence-electron chi connectivity index (χ3n) is 6.92. The van der Waals surface area contributed by atoms with Crippen molar-refractivity contribution < 1.29 is 17.9 Å². The lowest BCUT2D eigenvalue weighted by Crippen LogP contribution is -2.13. The summed E-state index contributed by atoms with van der Waals surface area (Å²) in [7, 11) is 0. The fraction of sp³-hybridized carbons (Fsp3) is 0.333. The molecular weight excluding hydrogens is 433 g/mol. The van der Waals surface area contributed by atoms with Gasteiger partial charge >= 0.3 is 0 Å². The number of rotatable bonds is 8. The maximum Gasteiger partial charge on any atom is 0.166 e. The second-order valence-electron chi connectivity index (χ2n) is 9.07. The van der Waals surface area contributed by atoms with Crippen LogP contribution in [-0.2, 0) is 12.8 Å². The van der Waals surface area contributed by atoms with E-state index < -0.39 is 11.6 Å². The molecule has 1 nitrogen and oxygen atoms in total. The molecule has 0 unspecified atom stereocenters. The number of aryl methyl sites for hydroxylation is 2. The van der Waals surface area contributed by atoms with Crippen LogP contribution in [0.1, 0.15) is 55.2 Å². The van der Waals surface area contributed by atoms with Crippen molar-refractivity contribution in [3.63, 3.8) is 0 Å². The predicted molar refractivity (Wildman–Crippen MR) is 132 cm³/mol. The van der Waals surface area contributed by atoms with E-state index in [-0.39, 0.29) is 23.0 Å². The van der Waals surface area contributed by atoms with Crippen LogP contribution in [0.5, 0.6) is 5.75 Å². The van der Waals surface area contributed by atoms with Crippen molar-refractivity contribution in [2.24, 2.45) is 5.92 Å². The quantitative estimate of drug-likeness (QED) is 0.304. The van der Waals surface area contributed by atoms with Gasteiger partial charge in [0.1, 0.15) is 0 Å². The lowest BCUT2D eigenvalue weighted by molar-refractivity contribution is 0.321. The number of ether oxygens (including phenoxy) is 1. The highest BCUT2D eigenvalue weighted by molar-refractivity contribution is 5.65. The fourth-order valence-electron chi connectivity index (χ4n) is 4.88. The molecule has 0 N–H and O–H groups in total. The average molecular weight is 465 g/mol. The third-order valence-corrected chi connectivity index (χ3v) is 6.92. The molecule has 0 bridgehead atoms. The van der Waals surface area contributed by atoms with Gasteiger partial charge in [0, 0.05) is 5.56 Å². The van der Waals surface area contributed by atoms with E-state index in [1.54, 1.807) is 18.2 Å². The molecule has 3 aromatic carbocycles. The molecule has 0 radical (unpaired) electrons. The molecule has 0 spiro atoms. The Bertz CT molecular complexity index is 1130. The molecule has 34 heavy (non-hydrogen) atoms. The van der Waals surface area contributed by atoms with Crippen LogP contribution in [-0.4, -0.2) is 6.61 Å². The molecule has 3 aromatic rings. The Morgan fingerprint density at radius 2 is 1.53 bits per heavy atom. The largest absolute Gasteiger partial charge is 0.491 e.